The number of hydrogen-bond acceptors (Lipinski definition) is 7. The predicted molar refractivity (Wildman–Crippen MR) is 119 cm³/mol. The maximum Gasteiger partial charge on any atom is 0.295 e. The highest BCUT2D eigenvalue weighted by atomic mass is 16.6. The second-order valence-corrected chi connectivity index (χ2v) is 7.46. The molecule has 0 saturated carbocycles. The fourth-order valence-corrected chi connectivity index (χ4v) is 3.94. The van der Waals surface area contributed by atoms with Crippen LogP contribution in [0.1, 0.15) is 37.4 Å². The van der Waals surface area contributed by atoms with Crippen LogP contribution in [0.4, 0.5) is 5.69 Å². The number of aliphatic hydroxyl groups is 1. The summed E-state index contributed by atoms with van der Waals surface area (Å²) in [5.41, 5.74) is 0.512. The summed E-state index contributed by atoms with van der Waals surface area (Å²) in [5, 5.41) is 22.2. The van der Waals surface area contributed by atoms with E-state index in [1.165, 1.54) is 47.6 Å². The van der Waals surface area contributed by atoms with Gasteiger partial charge in [0.2, 0.25) is 0 Å². The van der Waals surface area contributed by atoms with Crippen LogP contribution in [0.3, 0.4) is 0 Å². The lowest BCUT2D eigenvalue weighted by Crippen LogP contribution is -2.33. The van der Waals surface area contributed by atoms with Gasteiger partial charge in [-0.3, -0.25) is 24.7 Å². The third kappa shape index (κ3) is 4.67. The summed E-state index contributed by atoms with van der Waals surface area (Å²) in [6.45, 7) is 6.85. The molecular weight excluding hydrogens is 412 g/mol. The minimum atomic E-state index is -0.917. The molecule has 0 spiro atoms. The van der Waals surface area contributed by atoms with Gasteiger partial charge < -0.3 is 14.9 Å². The van der Waals surface area contributed by atoms with Gasteiger partial charge in [-0.2, -0.15) is 0 Å². The molecule has 0 radical (unpaired) electrons. The molecule has 32 heavy (non-hydrogen) atoms. The maximum absolute atomic E-state index is 13.0. The smallest absolute Gasteiger partial charge is 0.295 e. The van der Waals surface area contributed by atoms with Crippen molar-refractivity contribution in [1.82, 2.24) is 14.8 Å². The van der Waals surface area contributed by atoms with E-state index in [4.69, 9.17) is 0 Å². The van der Waals surface area contributed by atoms with Crippen LogP contribution >= 0.6 is 0 Å². The molecule has 1 saturated heterocycles. The molecule has 1 atom stereocenters. The lowest BCUT2D eigenvalue weighted by molar-refractivity contribution is -0.384. The molecule has 0 aliphatic carbocycles. The van der Waals surface area contributed by atoms with Crippen molar-refractivity contribution in [3.8, 4) is 0 Å². The molecule has 3 rings (SSSR count). The molecule has 9 nitrogen and oxygen atoms in total. The molecule has 2 heterocycles. The molecule has 1 aliphatic rings. The second kappa shape index (κ2) is 10.1. The van der Waals surface area contributed by atoms with Crippen molar-refractivity contribution in [2.45, 2.75) is 26.3 Å². The highest BCUT2D eigenvalue weighted by Crippen LogP contribution is 2.40. The SMILES string of the molecule is CCN(CC)CCCN1C(=O)C(=O)/C(=C(/O)c2ccncc2)C1c1cccc([N+](=O)[O-])c1. The summed E-state index contributed by atoms with van der Waals surface area (Å²) < 4.78 is 0. The molecule has 1 unspecified atom stereocenters. The molecule has 2 aromatic rings. The Balaban J connectivity index is 2.06. The van der Waals surface area contributed by atoms with Crippen LogP contribution in [-0.2, 0) is 9.59 Å². The number of hydrogen-bond donors (Lipinski definition) is 1. The number of carbonyl (C=O) groups excluding carboxylic acids is 2. The van der Waals surface area contributed by atoms with Crippen molar-refractivity contribution >= 4 is 23.1 Å². The van der Waals surface area contributed by atoms with E-state index in [0.717, 1.165) is 19.6 Å². The van der Waals surface area contributed by atoms with Crippen LogP contribution in [0.2, 0.25) is 0 Å². The van der Waals surface area contributed by atoms with Gasteiger partial charge >= 0.3 is 0 Å². The van der Waals surface area contributed by atoms with Crippen molar-refractivity contribution < 1.29 is 19.6 Å². The van der Waals surface area contributed by atoms with E-state index in [-0.39, 0.29) is 23.6 Å². The van der Waals surface area contributed by atoms with Gasteiger partial charge in [0.1, 0.15) is 5.76 Å². The number of pyridine rings is 1. The number of nitro benzene ring substituents is 1. The summed E-state index contributed by atoms with van der Waals surface area (Å²) in [5.74, 6) is -1.86. The maximum atomic E-state index is 13.0. The third-order valence-corrected chi connectivity index (χ3v) is 5.66. The lowest BCUT2D eigenvalue weighted by Gasteiger charge is -2.26. The van der Waals surface area contributed by atoms with Crippen LogP contribution in [0.25, 0.3) is 5.76 Å². The number of ketones is 1. The second-order valence-electron chi connectivity index (χ2n) is 7.46. The summed E-state index contributed by atoms with van der Waals surface area (Å²) in [6, 6.07) is 7.98. The van der Waals surface area contributed by atoms with Gasteiger partial charge in [-0.25, -0.2) is 0 Å². The van der Waals surface area contributed by atoms with Crippen LogP contribution in [0, 0.1) is 10.1 Å². The normalized spacial score (nSPS) is 17.8. The first kappa shape index (κ1) is 23.1. The van der Waals surface area contributed by atoms with Crippen LogP contribution < -0.4 is 0 Å². The van der Waals surface area contributed by atoms with Crippen molar-refractivity contribution in [1.29, 1.82) is 0 Å². The standard InChI is InChI=1S/C23H26N4O5/c1-3-25(4-2)13-6-14-26-20(17-7-5-8-18(15-17)27(31)32)19(22(29)23(26)30)21(28)16-9-11-24-12-10-16/h5,7-12,15,20,28H,3-4,6,13-14H2,1-2H3/b21-19+. The Kier molecular flexibility index (Phi) is 7.32. The van der Waals surface area contributed by atoms with E-state index in [9.17, 15) is 24.8 Å². The summed E-state index contributed by atoms with van der Waals surface area (Å²) in [4.78, 5) is 44.2. The minimum Gasteiger partial charge on any atom is -0.507 e. The monoisotopic (exact) mass is 438 g/mol. The molecular formula is C23H26N4O5. The summed E-state index contributed by atoms with van der Waals surface area (Å²) in [7, 11) is 0. The van der Waals surface area contributed by atoms with Crippen LogP contribution in [0.15, 0.2) is 54.4 Å². The first-order chi connectivity index (χ1) is 15.4. The van der Waals surface area contributed by atoms with Gasteiger partial charge in [0, 0.05) is 36.6 Å². The van der Waals surface area contributed by atoms with E-state index in [0.29, 0.717) is 17.5 Å². The number of nitro groups is 1. The minimum absolute atomic E-state index is 0.0791. The van der Waals surface area contributed by atoms with Crippen LogP contribution in [-0.4, -0.2) is 62.7 Å². The number of amides is 1. The summed E-state index contributed by atoms with van der Waals surface area (Å²) in [6.07, 6.45) is 3.56. The largest absolute Gasteiger partial charge is 0.507 e. The number of Topliss-reactive ketones (excluding diaryl/α,β-unsaturated/α-hetero) is 1. The lowest BCUT2D eigenvalue weighted by atomic mass is 9.95. The number of rotatable bonds is 9. The quantitative estimate of drug-likeness (QED) is 0.210. The Labute approximate surface area is 186 Å². The van der Waals surface area contributed by atoms with E-state index < -0.39 is 22.7 Å². The van der Waals surface area contributed by atoms with Gasteiger partial charge in [0.05, 0.1) is 16.5 Å². The van der Waals surface area contributed by atoms with Crippen LogP contribution in [0.5, 0.6) is 0 Å². The van der Waals surface area contributed by atoms with Crippen molar-refractivity contribution in [3.63, 3.8) is 0 Å². The average Bonchev–Trinajstić information content (AvgIpc) is 3.07. The highest BCUT2D eigenvalue weighted by molar-refractivity contribution is 6.46. The third-order valence-electron chi connectivity index (χ3n) is 5.66. The first-order valence-electron chi connectivity index (χ1n) is 10.5. The number of benzene rings is 1. The molecule has 1 amide bonds. The fraction of sp³-hybridized carbons (Fsp3) is 0.348. The average molecular weight is 438 g/mol. The Bertz CT molecular complexity index is 1030. The number of aromatic nitrogens is 1. The fourth-order valence-electron chi connectivity index (χ4n) is 3.94. The molecule has 0 bridgehead atoms. The highest BCUT2D eigenvalue weighted by Gasteiger charge is 2.46. The zero-order valence-electron chi connectivity index (χ0n) is 18.1. The van der Waals surface area contributed by atoms with Gasteiger partial charge in [-0.1, -0.05) is 26.0 Å². The molecule has 1 aliphatic heterocycles. The number of aliphatic hydroxyl groups excluding tert-OH is 1. The molecule has 1 aromatic carbocycles. The van der Waals surface area contributed by atoms with Gasteiger partial charge in [0.15, 0.2) is 0 Å². The topological polar surface area (TPSA) is 117 Å². The zero-order chi connectivity index (χ0) is 23.3. The van der Waals surface area contributed by atoms with E-state index in [2.05, 4.69) is 9.88 Å². The van der Waals surface area contributed by atoms with E-state index in [1.807, 2.05) is 13.8 Å². The van der Waals surface area contributed by atoms with Crippen molar-refractivity contribution in [2.24, 2.45) is 0 Å². The predicted octanol–water partition coefficient (Wildman–Crippen LogP) is 3.14. The molecule has 1 fully saturated rings. The molecule has 9 heteroatoms. The van der Waals surface area contributed by atoms with Gasteiger partial charge in [0.25, 0.3) is 17.4 Å². The summed E-state index contributed by atoms with van der Waals surface area (Å²) >= 11 is 0. The Hall–Kier alpha value is -3.59. The molecule has 168 valence electrons. The van der Waals surface area contributed by atoms with Crippen molar-refractivity contribution in [3.05, 3.63) is 75.6 Å². The molecule has 1 N–H and O–H groups in total. The first-order valence-corrected chi connectivity index (χ1v) is 10.5. The van der Waals surface area contributed by atoms with Gasteiger partial charge in [-0.15, -0.1) is 0 Å². The molecule has 1 aromatic heterocycles. The Morgan fingerprint density at radius 2 is 1.88 bits per heavy atom. The number of carbonyl (C=O) groups is 2. The Morgan fingerprint density at radius 3 is 2.50 bits per heavy atom. The van der Waals surface area contributed by atoms with Crippen molar-refractivity contribution in [2.75, 3.05) is 26.2 Å². The number of non-ortho nitro benzene ring substituents is 1. The van der Waals surface area contributed by atoms with Gasteiger partial charge in [-0.05, 0) is 43.8 Å². The zero-order valence-corrected chi connectivity index (χ0v) is 18.1. The van der Waals surface area contributed by atoms with E-state index >= 15 is 0 Å². The Morgan fingerprint density at radius 1 is 1.19 bits per heavy atom. The number of likely N-dealkylation sites (tertiary alicyclic amines) is 1. The number of nitrogens with zero attached hydrogens (tertiary/aromatic N) is 4. The van der Waals surface area contributed by atoms with E-state index in [1.54, 1.807) is 6.07 Å².